The molecule has 158 valence electrons. The Morgan fingerprint density at radius 2 is 1.73 bits per heavy atom. The molecule has 7 nitrogen and oxygen atoms in total. The van der Waals surface area contributed by atoms with Crippen molar-refractivity contribution in [3.63, 3.8) is 0 Å². The molecule has 8 heteroatoms. The van der Waals surface area contributed by atoms with E-state index in [4.69, 9.17) is 14.2 Å². The number of halogens is 1. The van der Waals surface area contributed by atoms with Gasteiger partial charge < -0.3 is 19.5 Å². The Morgan fingerprint density at radius 1 is 1.10 bits per heavy atom. The summed E-state index contributed by atoms with van der Waals surface area (Å²) in [6.07, 6.45) is 0. The summed E-state index contributed by atoms with van der Waals surface area (Å²) in [6, 6.07) is 11.3. The van der Waals surface area contributed by atoms with Crippen molar-refractivity contribution in [1.29, 1.82) is 0 Å². The number of esters is 1. The number of carbonyl (C=O) groups excluding carboxylic acids is 2. The van der Waals surface area contributed by atoms with Crippen LogP contribution < -0.4 is 14.8 Å². The summed E-state index contributed by atoms with van der Waals surface area (Å²) >= 11 is 0. The summed E-state index contributed by atoms with van der Waals surface area (Å²) in [5, 5.41) is 2.77. The quantitative estimate of drug-likeness (QED) is 0.703. The molecular weight excluding hydrogens is 391 g/mol. The van der Waals surface area contributed by atoms with E-state index in [2.05, 4.69) is 5.32 Å². The molecule has 0 saturated heterocycles. The van der Waals surface area contributed by atoms with Crippen LogP contribution >= 0.6 is 0 Å². The Bertz CT molecular complexity index is 941. The van der Waals surface area contributed by atoms with Crippen LogP contribution in [0.5, 0.6) is 11.5 Å². The summed E-state index contributed by atoms with van der Waals surface area (Å²) in [6.45, 7) is 1.83. The monoisotopic (exact) mass is 414 g/mol. The smallest absolute Gasteiger partial charge is 0.338 e. The topological polar surface area (TPSA) is 77.1 Å². The van der Waals surface area contributed by atoms with Crippen molar-refractivity contribution in [3.8, 4) is 11.5 Å². The molecule has 0 fully saturated rings. The zero-order valence-electron chi connectivity index (χ0n) is 17.0. The molecule has 1 heterocycles. The first kappa shape index (κ1) is 21.2. The predicted octanol–water partition coefficient (Wildman–Crippen LogP) is 3.43. The fourth-order valence-corrected chi connectivity index (χ4v) is 3.11. The fourth-order valence-electron chi connectivity index (χ4n) is 3.11. The third kappa shape index (κ3) is 4.53. The van der Waals surface area contributed by atoms with Crippen LogP contribution in [0.3, 0.4) is 0 Å². The highest BCUT2D eigenvalue weighted by molar-refractivity contribution is 5.95. The maximum atomic E-state index is 13.4. The summed E-state index contributed by atoms with van der Waals surface area (Å²) in [7, 11) is 3.11. The van der Waals surface area contributed by atoms with Crippen molar-refractivity contribution in [2.75, 3.05) is 27.4 Å². The van der Waals surface area contributed by atoms with E-state index in [0.717, 1.165) is 0 Å². The number of hydrogen-bond acceptors (Lipinski definition) is 5. The highest BCUT2D eigenvalue weighted by Gasteiger charge is 2.37. The molecule has 0 spiro atoms. The van der Waals surface area contributed by atoms with Gasteiger partial charge >= 0.3 is 12.0 Å². The van der Waals surface area contributed by atoms with Gasteiger partial charge in [-0.25, -0.2) is 14.0 Å². The van der Waals surface area contributed by atoms with Crippen LogP contribution in [0.15, 0.2) is 59.8 Å². The number of methoxy groups -OCH3 is 1. The van der Waals surface area contributed by atoms with E-state index in [0.29, 0.717) is 22.8 Å². The van der Waals surface area contributed by atoms with Gasteiger partial charge in [-0.15, -0.1) is 0 Å². The molecule has 2 aromatic rings. The van der Waals surface area contributed by atoms with Crippen LogP contribution in [0.1, 0.15) is 18.5 Å². The molecule has 0 radical (unpaired) electrons. The van der Waals surface area contributed by atoms with Crippen molar-refractivity contribution < 1.29 is 28.2 Å². The third-order valence-electron chi connectivity index (χ3n) is 4.71. The van der Waals surface area contributed by atoms with E-state index in [9.17, 15) is 14.0 Å². The van der Waals surface area contributed by atoms with E-state index >= 15 is 0 Å². The van der Waals surface area contributed by atoms with Gasteiger partial charge in [0, 0.05) is 7.05 Å². The Morgan fingerprint density at radius 3 is 2.33 bits per heavy atom. The van der Waals surface area contributed by atoms with Crippen LogP contribution in [0.25, 0.3) is 0 Å². The first-order valence-corrected chi connectivity index (χ1v) is 9.41. The third-order valence-corrected chi connectivity index (χ3v) is 4.71. The second-order valence-corrected chi connectivity index (χ2v) is 6.54. The molecule has 0 bridgehead atoms. The lowest BCUT2D eigenvalue weighted by atomic mass is 9.94. The van der Waals surface area contributed by atoms with E-state index in [1.165, 1.54) is 29.2 Å². The van der Waals surface area contributed by atoms with E-state index in [1.807, 2.05) is 0 Å². The maximum absolute atomic E-state index is 13.4. The summed E-state index contributed by atoms with van der Waals surface area (Å²) in [4.78, 5) is 26.7. The fraction of sp³-hybridized carbons (Fsp3) is 0.273. The average Bonchev–Trinajstić information content (AvgIpc) is 2.75. The Hall–Kier alpha value is -3.55. The second kappa shape index (κ2) is 9.30. The molecule has 0 saturated carbocycles. The van der Waals surface area contributed by atoms with Gasteiger partial charge in [0.25, 0.3) is 0 Å². The molecule has 2 aromatic carbocycles. The summed E-state index contributed by atoms with van der Waals surface area (Å²) in [5.41, 5.74) is 1.16. The van der Waals surface area contributed by atoms with Crippen LogP contribution in [-0.4, -0.2) is 44.3 Å². The van der Waals surface area contributed by atoms with Gasteiger partial charge in [-0.3, -0.25) is 4.90 Å². The molecule has 1 aliphatic heterocycles. The number of nitrogens with zero attached hydrogens (tertiary/aromatic N) is 1. The van der Waals surface area contributed by atoms with Crippen molar-refractivity contribution >= 4 is 12.0 Å². The lowest BCUT2D eigenvalue weighted by Crippen LogP contribution is -2.48. The van der Waals surface area contributed by atoms with Crippen LogP contribution in [0.2, 0.25) is 0 Å². The lowest BCUT2D eigenvalue weighted by Gasteiger charge is -2.34. The minimum atomic E-state index is -0.789. The molecule has 1 unspecified atom stereocenters. The second-order valence-electron chi connectivity index (χ2n) is 6.54. The van der Waals surface area contributed by atoms with Gasteiger partial charge in [0.1, 0.15) is 23.9 Å². The Balaban J connectivity index is 1.98. The number of ether oxygens (including phenoxy) is 3. The molecule has 2 amide bonds. The zero-order valence-corrected chi connectivity index (χ0v) is 17.0. The number of rotatable bonds is 7. The van der Waals surface area contributed by atoms with E-state index in [-0.39, 0.29) is 18.8 Å². The molecular formula is C22H23FN2O5. The number of carbonyl (C=O) groups is 2. The largest absolute Gasteiger partial charge is 0.497 e. The molecule has 3 rings (SSSR count). The minimum Gasteiger partial charge on any atom is -0.497 e. The molecule has 1 atom stereocenters. The molecule has 1 aliphatic rings. The average molecular weight is 414 g/mol. The van der Waals surface area contributed by atoms with Crippen LogP contribution in [0, 0.1) is 5.82 Å². The number of hydrogen-bond donors (Lipinski definition) is 1. The normalized spacial score (nSPS) is 16.2. The zero-order chi connectivity index (χ0) is 21.7. The van der Waals surface area contributed by atoms with Gasteiger partial charge in [-0.05, 0) is 48.9 Å². The van der Waals surface area contributed by atoms with Crippen molar-refractivity contribution in [2.24, 2.45) is 0 Å². The van der Waals surface area contributed by atoms with Crippen molar-refractivity contribution in [3.05, 3.63) is 71.2 Å². The molecule has 30 heavy (non-hydrogen) atoms. The van der Waals surface area contributed by atoms with Crippen molar-refractivity contribution in [2.45, 2.75) is 13.0 Å². The SMILES string of the molecule is CCOC(=O)C1=C(COc2ccc(OC)cc2)N(C)C(=O)NC1c1ccc(F)cc1. The van der Waals surface area contributed by atoms with Gasteiger partial charge in [0.15, 0.2) is 0 Å². The lowest BCUT2D eigenvalue weighted by molar-refractivity contribution is -0.139. The number of amides is 2. The summed E-state index contributed by atoms with van der Waals surface area (Å²) in [5.74, 6) is 0.235. The predicted molar refractivity (Wildman–Crippen MR) is 108 cm³/mol. The minimum absolute atomic E-state index is 0.0396. The van der Waals surface area contributed by atoms with E-state index < -0.39 is 23.9 Å². The highest BCUT2D eigenvalue weighted by atomic mass is 19.1. The van der Waals surface area contributed by atoms with Gasteiger partial charge in [0.05, 0.1) is 31.0 Å². The van der Waals surface area contributed by atoms with Crippen LogP contribution in [-0.2, 0) is 9.53 Å². The number of nitrogens with one attached hydrogen (secondary N) is 1. The van der Waals surface area contributed by atoms with Crippen molar-refractivity contribution in [1.82, 2.24) is 10.2 Å². The first-order chi connectivity index (χ1) is 14.4. The molecule has 0 aliphatic carbocycles. The highest BCUT2D eigenvalue weighted by Crippen LogP contribution is 2.31. The van der Waals surface area contributed by atoms with Gasteiger partial charge in [-0.1, -0.05) is 12.1 Å². The Labute approximate surface area is 174 Å². The standard InChI is InChI=1S/C22H23FN2O5/c1-4-29-21(26)19-18(13-30-17-11-9-16(28-3)10-12-17)25(2)22(27)24-20(19)14-5-7-15(23)8-6-14/h5-12,20H,4,13H2,1-3H3,(H,24,27). The molecule has 1 N–H and O–H groups in total. The Kier molecular flexibility index (Phi) is 6.56. The summed E-state index contributed by atoms with van der Waals surface area (Å²) < 4.78 is 29.6. The van der Waals surface area contributed by atoms with Gasteiger partial charge in [-0.2, -0.15) is 0 Å². The van der Waals surface area contributed by atoms with E-state index in [1.54, 1.807) is 45.3 Å². The molecule has 0 aromatic heterocycles. The number of likely N-dealkylation sites (N-methyl/N-ethyl adjacent to an activating group) is 1. The number of benzene rings is 2. The van der Waals surface area contributed by atoms with Crippen LogP contribution in [0.4, 0.5) is 9.18 Å². The van der Waals surface area contributed by atoms with Gasteiger partial charge in [0.2, 0.25) is 0 Å². The number of urea groups is 1. The maximum Gasteiger partial charge on any atom is 0.338 e. The first-order valence-electron chi connectivity index (χ1n) is 9.41.